The molecular weight excluding hydrogens is 504 g/mol. The average molecular weight is 537 g/mol. The molecule has 4 N–H and O–H groups in total. The van der Waals surface area contributed by atoms with E-state index < -0.39 is 59.5 Å². The van der Waals surface area contributed by atoms with Gasteiger partial charge in [0, 0.05) is 25.5 Å². The van der Waals surface area contributed by atoms with Crippen LogP contribution in [0.5, 0.6) is 11.5 Å². The summed E-state index contributed by atoms with van der Waals surface area (Å²) in [7, 11) is 1.38. The van der Waals surface area contributed by atoms with E-state index in [0.29, 0.717) is 5.56 Å². The molecule has 2 aromatic rings. The van der Waals surface area contributed by atoms with Gasteiger partial charge in [-0.25, -0.2) is 9.59 Å². The normalized spacial score (nSPS) is 22.5. The minimum absolute atomic E-state index is 0.00336. The molecule has 0 unspecified atom stereocenters. The number of amides is 2. The Morgan fingerprint density at radius 3 is 2.39 bits per heavy atom. The largest absolute Gasteiger partial charge is 0.505 e. The molecule has 1 saturated heterocycles. The van der Waals surface area contributed by atoms with Crippen LogP contribution in [-0.4, -0.2) is 60.4 Å². The molecule has 1 aliphatic rings. The predicted octanol–water partition coefficient (Wildman–Crippen LogP) is 2.47. The number of aryl methyl sites for hydroxylation is 1. The van der Waals surface area contributed by atoms with Crippen LogP contribution in [0.15, 0.2) is 21.3 Å². The summed E-state index contributed by atoms with van der Waals surface area (Å²) in [5.74, 6) is -1.41. The molecule has 208 valence electrons. The number of esters is 1. The zero-order valence-electron chi connectivity index (χ0n) is 22.0. The van der Waals surface area contributed by atoms with Gasteiger partial charge in [0.05, 0.1) is 11.0 Å². The zero-order chi connectivity index (χ0) is 28.4. The summed E-state index contributed by atoms with van der Waals surface area (Å²) < 4.78 is 33.9. The number of hydrogen-bond acceptors (Lipinski definition) is 11. The number of rotatable bonds is 8. The van der Waals surface area contributed by atoms with Crippen LogP contribution in [0.3, 0.4) is 0 Å². The lowest BCUT2D eigenvalue weighted by Gasteiger charge is -2.48. The fourth-order valence-corrected chi connectivity index (χ4v) is 4.24. The van der Waals surface area contributed by atoms with Crippen molar-refractivity contribution in [1.82, 2.24) is 0 Å². The number of primary amides is 1. The van der Waals surface area contributed by atoms with Gasteiger partial charge in [-0.1, -0.05) is 13.8 Å². The average Bonchev–Trinajstić information content (AvgIpc) is 2.85. The van der Waals surface area contributed by atoms with Gasteiger partial charge in [0.25, 0.3) is 0 Å². The minimum Gasteiger partial charge on any atom is -0.505 e. The van der Waals surface area contributed by atoms with Crippen molar-refractivity contribution in [3.05, 3.63) is 28.1 Å². The van der Waals surface area contributed by atoms with Gasteiger partial charge in [0.1, 0.15) is 17.4 Å². The number of benzene rings is 1. The Labute approximate surface area is 218 Å². The molecule has 0 aliphatic carbocycles. The molecule has 0 bridgehead atoms. The van der Waals surface area contributed by atoms with Gasteiger partial charge in [-0.3, -0.25) is 9.59 Å². The number of ether oxygens (including phenoxy) is 5. The maximum Gasteiger partial charge on any atom is 0.405 e. The topological polar surface area (TPSA) is 186 Å². The molecule has 1 fully saturated rings. The van der Waals surface area contributed by atoms with E-state index in [0.717, 1.165) is 0 Å². The summed E-state index contributed by atoms with van der Waals surface area (Å²) in [6.45, 7) is 8.09. The van der Waals surface area contributed by atoms with E-state index in [1.54, 1.807) is 34.6 Å². The molecule has 1 aromatic carbocycles. The number of fused-ring (bicyclic) bond motifs is 1. The summed E-state index contributed by atoms with van der Waals surface area (Å²) in [5.41, 5.74) is 3.15. The Balaban J connectivity index is 2.07. The highest BCUT2D eigenvalue weighted by Gasteiger charge is 2.55. The number of methoxy groups -OCH3 is 1. The smallest absolute Gasteiger partial charge is 0.405 e. The third kappa shape index (κ3) is 5.68. The second kappa shape index (κ2) is 11.3. The standard InChI is InChI=1S/C25H32N2O11/c1-7-14(28)27-16-17(30)12-9-10-13(11(3)18(12)36-22(16)31)34-23-20(35-15(29)8-2)19(37-24(26)32)21(33-6)25(4,5)38-23/h9-10,19-21,23,30H,7-8H2,1-6H3,(H2,26,32)(H,27,28)/t19-,20+,21+,23+/m0/s1. The summed E-state index contributed by atoms with van der Waals surface area (Å²) >= 11 is 0. The molecule has 4 atom stereocenters. The number of anilines is 1. The van der Waals surface area contributed by atoms with Crippen molar-refractivity contribution in [3.63, 3.8) is 0 Å². The van der Waals surface area contributed by atoms with Gasteiger partial charge < -0.3 is 44.3 Å². The van der Waals surface area contributed by atoms with E-state index in [1.807, 2.05) is 0 Å². The van der Waals surface area contributed by atoms with Crippen LogP contribution in [-0.2, 0) is 28.5 Å². The predicted molar refractivity (Wildman–Crippen MR) is 133 cm³/mol. The first kappa shape index (κ1) is 28.7. The van der Waals surface area contributed by atoms with Crippen molar-refractivity contribution < 1.29 is 47.6 Å². The van der Waals surface area contributed by atoms with Crippen molar-refractivity contribution in [1.29, 1.82) is 0 Å². The molecule has 0 saturated carbocycles. The molecule has 13 nitrogen and oxygen atoms in total. The van der Waals surface area contributed by atoms with Gasteiger partial charge in [-0.05, 0) is 32.9 Å². The van der Waals surface area contributed by atoms with E-state index in [9.17, 15) is 24.3 Å². The second-order valence-corrected chi connectivity index (χ2v) is 9.15. The van der Waals surface area contributed by atoms with Crippen LogP contribution in [0.1, 0.15) is 46.1 Å². The highest BCUT2D eigenvalue weighted by molar-refractivity contribution is 5.97. The Morgan fingerprint density at radius 1 is 1.13 bits per heavy atom. The summed E-state index contributed by atoms with van der Waals surface area (Å²) in [4.78, 5) is 48.3. The number of hydrogen-bond donors (Lipinski definition) is 3. The highest BCUT2D eigenvalue weighted by Crippen LogP contribution is 2.39. The van der Waals surface area contributed by atoms with Crippen LogP contribution >= 0.6 is 0 Å². The lowest BCUT2D eigenvalue weighted by atomic mass is 9.89. The first-order chi connectivity index (χ1) is 17.8. The molecule has 2 heterocycles. The summed E-state index contributed by atoms with van der Waals surface area (Å²) in [6.07, 6.45) is -5.66. The van der Waals surface area contributed by atoms with Crippen molar-refractivity contribution >= 4 is 34.6 Å². The van der Waals surface area contributed by atoms with E-state index in [-0.39, 0.29) is 35.2 Å². The lowest BCUT2D eigenvalue weighted by molar-refractivity contribution is -0.307. The molecule has 3 rings (SSSR count). The molecule has 13 heteroatoms. The molecule has 2 amide bonds. The van der Waals surface area contributed by atoms with Crippen molar-refractivity contribution in [2.45, 2.75) is 77.7 Å². The SMILES string of the molecule is CCC(=O)Nc1c(O)c2ccc(O[C@@H]3OC(C)(C)[C@H](OC)[C@@H](OC(N)=O)[C@H]3OC(=O)CC)c(C)c2oc1=O. The van der Waals surface area contributed by atoms with Gasteiger partial charge >= 0.3 is 17.7 Å². The highest BCUT2D eigenvalue weighted by atomic mass is 16.7. The Hall–Kier alpha value is -3.84. The Morgan fingerprint density at radius 2 is 1.82 bits per heavy atom. The molecule has 38 heavy (non-hydrogen) atoms. The monoisotopic (exact) mass is 536 g/mol. The number of nitrogens with two attached hydrogens (primary N) is 1. The van der Waals surface area contributed by atoms with Crippen LogP contribution in [0.4, 0.5) is 10.5 Å². The zero-order valence-corrected chi connectivity index (χ0v) is 22.0. The first-order valence-electron chi connectivity index (χ1n) is 12.0. The number of carbonyl (C=O) groups excluding carboxylic acids is 3. The van der Waals surface area contributed by atoms with Crippen LogP contribution < -0.4 is 21.4 Å². The third-order valence-corrected chi connectivity index (χ3v) is 6.13. The fourth-order valence-electron chi connectivity index (χ4n) is 4.24. The van der Waals surface area contributed by atoms with Crippen molar-refractivity contribution in [2.24, 2.45) is 5.73 Å². The third-order valence-electron chi connectivity index (χ3n) is 6.13. The van der Waals surface area contributed by atoms with E-state index >= 15 is 0 Å². The van der Waals surface area contributed by atoms with Crippen molar-refractivity contribution in [2.75, 3.05) is 12.4 Å². The van der Waals surface area contributed by atoms with Crippen LogP contribution in [0.25, 0.3) is 11.0 Å². The maximum absolute atomic E-state index is 12.5. The van der Waals surface area contributed by atoms with Gasteiger partial charge in [-0.2, -0.15) is 0 Å². The first-order valence-corrected chi connectivity index (χ1v) is 12.0. The minimum atomic E-state index is -1.31. The molecular formula is C25H32N2O11. The van der Waals surface area contributed by atoms with E-state index in [4.69, 9.17) is 33.8 Å². The molecule has 0 spiro atoms. The van der Waals surface area contributed by atoms with Crippen LogP contribution in [0.2, 0.25) is 0 Å². The summed E-state index contributed by atoms with van der Waals surface area (Å²) in [5, 5.41) is 13.1. The quantitative estimate of drug-likeness (QED) is 0.332. The Kier molecular flexibility index (Phi) is 8.52. The number of nitrogens with one attached hydrogen (secondary N) is 1. The Bertz CT molecular complexity index is 1290. The van der Waals surface area contributed by atoms with E-state index in [2.05, 4.69) is 5.32 Å². The van der Waals surface area contributed by atoms with Gasteiger partial charge in [0.15, 0.2) is 17.5 Å². The molecule has 1 aliphatic heterocycles. The van der Waals surface area contributed by atoms with E-state index in [1.165, 1.54) is 19.2 Å². The number of aromatic hydroxyl groups is 1. The van der Waals surface area contributed by atoms with Crippen LogP contribution in [0, 0.1) is 6.92 Å². The molecule has 0 radical (unpaired) electrons. The summed E-state index contributed by atoms with van der Waals surface area (Å²) in [6, 6.07) is 2.90. The lowest BCUT2D eigenvalue weighted by Crippen LogP contribution is -2.66. The van der Waals surface area contributed by atoms with Gasteiger partial charge in [-0.15, -0.1) is 0 Å². The maximum atomic E-state index is 12.5. The number of carbonyl (C=O) groups is 3. The van der Waals surface area contributed by atoms with Crippen molar-refractivity contribution in [3.8, 4) is 11.5 Å². The molecule has 1 aromatic heterocycles. The second-order valence-electron chi connectivity index (χ2n) is 9.15. The fraction of sp³-hybridized carbons (Fsp3) is 0.520. The van der Waals surface area contributed by atoms with Gasteiger partial charge in [0.2, 0.25) is 18.3 Å².